The standard InChI is InChI=1S/C11H13N3O2S2/c12-11(15)13-7-9-8(4-6-17-9)18-10-3-1-2-5-14(10)16/h1-4,6,16H,5,7H2,(H3,12,13,15). The molecule has 5 nitrogen and oxygen atoms in total. The van der Waals surface area contributed by atoms with Gasteiger partial charge in [0, 0.05) is 9.77 Å². The maximum atomic E-state index is 10.7. The zero-order valence-corrected chi connectivity index (χ0v) is 11.1. The van der Waals surface area contributed by atoms with E-state index in [1.807, 2.05) is 29.7 Å². The summed E-state index contributed by atoms with van der Waals surface area (Å²) < 4.78 is 0. The molecule has 2 rings (SSSR count). The first-order valence-electron chi connectivity index (χ1n) is 5.27. The van der Waals surface area contributed by atoms with Crippen LogP contribution in [0.3, 0.4) is 0 Å². The van der Waals surface area contributed by atoms with E-state index in [-0.39, 0.29) is 0 Å². The summed E-state index contributed by atoms with van der Waals surface area (Å²) in [6.07, 6.45) is 5.62. The molecule has 0 bridgehead atoms. The van der Waals surface area contributed by atoms with E-state index in [4.69, 9.17) is 5.73 Å². The van der Waals surface area contributed by atoms with E-state index in [9.17, 15) is 10.0 Å². The predicted octanol–water partition coefficient (Wildman–Crippen LogP) is 2.11. The average molecular weight is 283 g/mol. The second-order valence-corrected chi connectivity index (χ2v) is 5.61. The molecule has 96 valence electrons. The van der Waals surface area contributed by atoms with Crippen molar-refractivity contribution in [2.24, 2.45) is 5.73 Å². The Morgan fingerprint density at radius 1 is 1.67 bits per heavy atom. The van der Waals surface area contributed by atoms with E-state index in [2.05, 4.69) is 5.32 Å². The van der Waals surface area contributed by atoms with Crippen LogP contribution >= 0.6 is 23.1 Å². The Morgan fingerprint density at radius 3 is 3.22 bits per heavy atom. The summed E-state index contributed by atoms with van der Waals surface area (Å²) in [5.41, 5.74) is 5.04. The molecule has 0 fully saturated rings. The van der Waals surface area contributed by atoms with Crippen LogP contribution in [0.15, 0.2) is 39.6 Å². The zero-order chi connectivity index (χ0) is 13.0. The fourth-order valence-corrected chi connectivity index (χ4v) is 3.34. The Hall–Kier alpha value is -1.44. The van der Waals surface area contributed by atoms with Crippen molar-refractivity contribution in [3.63, 3.8) is 0 Å². The second kappa shape index (κ2) is 5.94. The monoisotopic (exact) mass is 283 g/mol. The molecule has 1 aromatic rings. The van der Waals surface area contributed by atoms with Crippen molar-refractivity contribution < 1.29 is 10.0 Å². The molecule has 0 aromatic carbocycles. The van der Waals surface area contributed by atoms with Gasteiger partial charge in [-0.1, -0.05) is 23.9 Å². The number of nitrogens with zero attached hydrogens (tertiary/aromatic N) is 1. The van der Waals surface area contributed by atoms with Gasteiger partial charge in [0.25, 0.3) is 0 Å². The number of urea groups is 1. The number of hydroxylamine groups is 2. The fourth-order valence-electron chi connectivity index (χ4n) is 1.40. The molecule has 18 heavy (non-hydrogen) atoms. The first kappa shape index (κ1) is 13.0. The predicted molar refractivity (Wildman–Crippen MR) is 72.3 cm³/mol. The third-order valence-electron chi connectivity index (χ3n) is 2.25. The maximum Gasteiger partial charge on any atom is 0.312 e. The Morgan fingerprint density at radius 2 is 2.50 bits per heavy atom. The molecule has 0 atom stereocenters. The van der Waals surface area contributed by atoms with Crippen molar-refractivity contribution in [2.75, 3.05) is 6.54 Å². The first-order chi connectivity index (χ1) is 8.66. The maximum absolute atomic E-state index is 10.7. The Labute approximate surface area is 113 Å². The van der Waals surface area contributed by atoms with Crippen molar-refractivity contribution in [1.82, 2.24) is 10.4 Å². The number of primary amides is 1. The summed E-state index contributed by atoms with van der Waals surface area (Å²) in [7, 11) is 0. The Balaban J connectivity index is 2.05. The fraction of sp³-hybridized carbons (Fsp3) is 0.182. The van der Waals surface area contributed by atoms with Crippen LogP contribution in [-0.4, -0.2) is 22.8 Å². The van der Waals surface area contributed by atoms with Crippen LogP contribution in [0.1, 0.15) is 4.88 Å². The van der Waals surface area contributed by atoms with Gasteiger partial charge in [0.1, 0.15) is 5.03 Å². The summed E-state index contributed by atoms with van der Waals surface area (Å²) >= 11 is 3.01. The summed E-state index contributed by atoms with van der Waals surface area (Å²) in [6.45, 7) is 0.891. The third kappa shape index (κ3) is 3.28. The van der Waals surface area contributed by atoms with Crippen molar-refractivity contribution in [3.8, 4) is 0 Å². The van der Waals surface area contributed by atoms with E-state index in [1.165, 1.54) is 16.8 Å². The molecule has 0 aliphatic carbocycles. The van der Waals surface area contributed by atoms with Crippen LogP contribution < -0.4 is 11.1 Å². The van der Waals surface area contributed by atoms with E-state index in [0.29, 0.717) is 13.1 Å². The number of hydrogen-bond acceptors (Lipinski definition) is 5. The number of rotatable bonds is 4. The lowest BCUT2D eigenvalue weighted by Crippen LogP contribution is -2.28. The number of thiophene rings is 1. The van der Waals surface area contributed by atoms with Crippen molar-refractivity contribution in [1.29, 1.82) is 0 Å². The molecular formula is C11H13N3O2S2. The topological polar surface area (TPSA) is 78.6 Å². The molecule has 0 saturated carbocycles. The second-order valence-electron chi connectivity index (χ2n) is 3.54. The van der Waals surface area contributed by atoms with Crippen LogP contribution in [0.25, 0.3) is 0 Å². The molecule has 0 unspecified atom stereocenters. The summed E-state index contributed by atoms with van der Waals surface area (Å²) in [4.78, 5) is 12.7. The lowest BCUT2D eigenvalue weighted by molar-refractivity contribution is -0.0350. The van der Waals surface area contributed by atoms with Gasteiger partial charge < -0.3 is 11.1 Å². The van der Waals surface area contributed by atoms with Crippen molar-refractivity contribution in [3.05, 3.63) is 39.6 Å². The number of carbonyl (C=O) groups is 1. The quantitative estimate of drug-likeness (QED) is 0.791. The minimum absolute atomic E-state index is 0.407. The lowest BCUT2D eigenvalue weighted by Gasteiger charge is -2.20. The van der Waals surface area contributed by atoms with Gasteiger partial charge in [0.15, 0.2) is 0 Å². The van der Waals surface area contributed by atoms with Gasteiger partial charge in [-0.25, -0.2) is 9.86 Å². The molecule has 2 heterocycles. The smallest absolute Gasteiger partial charge is 0.312 e. The van der Waals surface area contributed by atoms with Crippen LogP contribution in [-0.2, 0) is 6.54 Å². The molecule has 7 heteroatoms. The Kier molecular flexibility index (Phi) is 4.29. The number of thioether (sulfide) groups is 1. The van der Waals surface area contributed by atoms with Crippen LogP contribution in [0.4, 0.5) is 4.79 Å². The highest BCUT2D eigenvalue weighted by atomic mass is 32.2. The molecular weight excluding hydrogens is 270 g/mol. The highest BCUT2D eigenvalue weighted by Crippen LogP contribution is 2.34. The number of amides is 2. The van der Waals surface area contributed by atoms with Gasteiger partial charge in [-0.3, -0.25) is 5.21 Å². The molecule has 0 spiro atoms. The van der Waals surface area contributed by atoms with Crippen molar-refractivity contribution in [2.45, 2.75) is 11.4 Å². The number of hydrogen-bond donors (Lipinski definition) is 3. The van der Waals surface area contributed by atoms with Crippen LogP contribution in [0, 0.1) is 0 Å². The van der Waals surface area contributed by atoms with Gasteiger partial charge in [-0.15, -0.1) is 11.3 Å². The summed E-state index contributed by atoms with van der Waals surface area (Å²) in [5.74, 6) is 0. The van der Waals surface area contributed by atoms with E-state index < -0.39 is 6.03 Å². The van der Waals surface area contributed by atoms with Gasteiger partial charge in [0.05, 0.1) is 13.1 Å². The van der Waals surface area contributed by atoms with E-state index in [0.717, 1.165) is 14.8 Å². The van der Waals surface area contributed by atoms with E-state index in [1.54, 1.807) is 11.3 Å². The van der Waals surface area contributed by atoms with Gasteiger partial charge in [-0.05, 0) is 17.5 Å². The van der Waals surface area contributed by atoms with Crippen LogP contribution in [0.2, 0.25) is 0 Å². The molecule has 1 aromatic heterocycles. The van der Waals surface area contributed by atoms with E-state index >= 15 is 0 Å². The number of nitrogens with one attached hydrogen (secondary N) is 1. The SMILES string of the molecule is NC(=O)NCc1sccc1SC1=CC=CCN1O. The largest absolute Gasteiger partial charge is 0.352 e. The van der Waals surface area contributed by atoms with Crippen molar-refractivity contribution >= 4 is 29.1 Å². The lowest BCUT2D eigenvalue weighted by atomic mass is 10.4. The number of carbonyl (C=O) groups excluding carboxylic acids is 1. The normalized spacial score (nSPS) is 14.5. The first-order valence-corrected chi connectivity index (χ1v) is 6.97. The minimum atomic E-state index is -0.539. The van der Waals surface area contributed by atoms with Gasteiger partial charge in [-0.2, -0.15) is 0 Å². The highest BCUT2D eigenvalue weighted by molar-refractivity contribution is 8.03. The minimum Gasteiger partial charge on any atom is -0.352 e. The average Bonchev–Trinajstić information content (AvgIpc) is 2.77. The molecule has 2 amide bonds. The third-order valence-corrected chi connectivity index (χ3v) is 4.46. The summed E-state index contributed by atoms with van der Waals surface area (Å²) in [5, 5.41) is 16.1. The van der Waals surface area contributed by atoms with Crippen LogP contribution in [0.5, 0.6) is 0 Å². The molecule has 0 saturated heterocycles. The van der Waals surface area contributed by atoms with Gasteiger partial charge in [0.2, 0.25) is 0 Å². The summed E-state index contributed by atoms with van der Waals surface area (Å²) in [6, 6.07) is 1.42. The van der Waals surface area contributed by atoms with Gasteiger partial charge >= 0.3 is 6.03 Å². The Bertz CT molecular complexity index is 496. The number of nitrogens with two attached hydrogens (primary N) is 1. The highest BCUT2D eigenvalue weighted by Gasteiger charge is 2.13. The molecule has 1 aliphatic rings. The zero-order valence-electron chi connectivity index (χ0n) is 9.50. The number of allylic oxidation sites excluding steroid dienone is 2. The molecule has 1 aliphatic heterocycles. The molecule has 0 radical (unpaired) electrons. The molecule has 4 N–H and O–H groups in total.